The topological polar surface area (TPSA) is 63.4 Å². The number of hydrogen-bond acceptors (Lipinski definition) is 5. The van der Waals surface area contributed by atoms with Crippen LogP contribution in [0.4, 0.5) is 0 Å². The third-order valence-corrected chi connectivity index (χ3v) is 6.39. The molecule has 1 aromatic carbocycles. The number of carbonyl (C=O) groups is 1. The molecule has 0 fully saturated rings. The molecule has 1 amide bonds. The number of nitrogens with zero attached hydrogens (tertiary/aromatic N) is 5. The van der Waals surface area contributed by atoms with Crippen molar-refractivity contribution in [2.75, 3.05) is 18.8 Å². The molecule has 166 valence electrons. The van der Waals surface area contributed by atoms with Crippen LogP contribution in [-0.2, 0) is 11.2 Å². The van der Waals surface area contributed by atoms with Crippen molar-refractivity contribution in [3.63, 3.8) is 0 Å². The van der Waals surface area contributed by atoms with E-state index in [2.05, 4.69) is 62.9 Å². The van der Waals surface area contributed by atoms with E-state index in [4.69, 9.17) is 4.98 Å². The van der Waals surface area contributed by atoms with Gasteiger partial charge >= 0.3 is 0 Å². The van der Waals surface area contributed by atoms with Crippen LogP contribution in [-0.4, -0.2) is 49.2 Å². The van der Waals surface area contributed by atoms with Gasteiger partial charge in [0.2, 0.25) is 11.1 Å². The molecule has 0 saturated heterocycles. The number of amides is 1. The Hall–Kier alpha value is -2.41. The van der Waals surface area contributed by atoms with E-state index < -0.39 is 0 Å². The van der Waals surface area contributed by atoms with Crippen molar-refractivity contribution in [2.24, 2.45) is 0 Å². The smallest absolute Gasteiger partial charge is 0.253 e. The molecule has 3 aromatic rings. The molecule has 31 heavy (non-hydrogen) atoms. The predicted octanol–water partition coefficient (Wildman–Crippen LogP) is 4.69. The molecule has 0 spiro atoms. The van der Waals surface area contributed by atoms with Crippen LogP contribution < -0.4 is 0 Å². The largest absolute Gasteiger partial charge is 0.342 e. The SMILES string of the molecule is CCCN(CCC)C(=O)CSc1nc2nc(C)c(Cc3cc(C)ccc3C)c(C)n2n1. The van der Waals surface area contributed by atoms with Gasteiger partial charge in [0.05, 0.1) is 5.75 Å². The summed E-state index contributed by atoms with van der Waals surface area (Å²) in [5.74, 6) is 1.09. The van der Waals surface area contributed by atoms with Crippen molar-refractivity contribution in [1.29, 1.82) is 0 Å². The molecule has 0 aliphatic rings. The van der Waals surface area contributed by atoms with Crippen LogP contribution in [0, 0.1) is 27.7 Å². The summed E-state index contributed by atoms with van der Waals surface area (Å²) in [7, 11) is 0. The number of rotatable bonds is 9. The molecule has 0 atom stereocenters. The predicted molar refractivity (Wildman–Crippen MR) is 127 cm³/mol. The first-order valence-corrected chi connectivity index (χ1v) is 12.0. The fourth-order valence-electron chi connectivity index (χ4n) is 3.81. The Kier molecular flexibility index (Phi) is 7.70. The molecule has 0 aliphatic heterocycles. The molecule has 6 nitrogen and oxygen atoms in total. The second-order valence-corrected chi connectivity index (χ2v) is 9.09. The Morgan fingerprint density at radius 3 is 2.45 bits per heavy atom. The number of benzene rings is 1. The van der Waals surface area contributed by atoms with Gasteiger partial charge in [0.1, 0.15) is 0 Å². The first-order chi connectivity index (χ1) is 14.8. The van der Waals surface area contributed by atoms with Crippen molar-refractivity contribution < 1.29 is 4.79 Å². The van der Waals surface area contributed by atoms with Crippen molar-refractivity contribution in [3.8, 4) is 0 Å². The van der Waals surface area contributed by atoms with E-state index >= 15 is 0 Å². The summed E-state index contributed by atoms with van der Waals surface area (Å²) in [4.78, 5) is 23.8. The lowest BCUT2D eigenvalue weighted by Crippen LogP contribution is -2.33. The van der Waals surface area contributed by atoms with E-state index in [1.807, 2.05) is 16.3 Å². The third kappa shape index (κ3) is 5.45. The van der Waals surface area contributed by atoms with E-state index in [9.17, 15) is 4.79 Å². The number of aromatic nitrogens is 4. The highest BCUT2D eigenvalue weighted by Gasteiger charge is 2.17. The van der Waals surface area contributed by atoms with Gasteiger partial charge in [-0.15, -0.1) is 5.10 Å². The van der Waals surface area contributed by atoms with Gasteiger partial charge in [-0.1, -0.05) is 49.4 Å². The Bertz CT molecular complexity index is 1070. The van der Waals surface area contributed by atoms with Crippen molar-refractivity contribution in [2.45, 2.75) is 66.0 Å². The van der Waals surface area contributed by atoms with E-state index in [0.29, 0.717) is 16.7 Å². The van der Waals surface area contributed by atoms with E-state index in [1.54, 1.807) is 0 Å². The summed E-state index contributed by atoms with van der Waals surface area (Å²) >= 11 is 1.39. The first kappa shape index (κ1) is 23.3. The van der Waals surface area contributed by atoms with Gasteiger partial charge in [-0.2, -0.15) is 4.98 Å². The van der Waals surface area contributed by atoms with Crippen molar-refractivity contribution in [1.82, 2.24) is 24.5 Å². The molecule has 2 aromatic heterocycles. The number of thioether (sulfide) groups is 1. The minimum atomic E-state index is 0.143. The van der Waals surface area contributed by atoms with Gasteiger partial charge in [0.25, 0.3) is 5.78 Å². The number of fused-ring (bicyclic) bond motifs is 1. The monoisotopic (exact) mass is 439 g/mol. The van der Waals surface area contributed by atoms with Crippen molar-refractivity contribution in [3.05, 3.63) is 51.8 Å². The summed E-state index contributed by atoms with van der Waals surface area (Å²) in [6.45, 7) is 14.2. The van der Waals surface area contributed by atoms with Gasteiger partial charge in [0, 0.05) is 30.9 Å². The molecule has 0 N–H and O–H groups in total. The molecule has 0 radical (unpaired) electrons. The van der Waals surface area contributed by atoms with Crippen LogP contribution in [0.1, 0.15) is 60.3 Å². The zero-order valence-corrected chi connectivity index (χ0v) is 20.3. The average molecular weight is 440 g/mol. The summed E-state index contributed by atoms with van der Waals surface area (Å²) < 4.78 is 1.82. The van der Waals surface area contributed by atoms with Crippen LogP contribution >= 0.6 is 11.8 Å². The Morgan fingerprint density at radius 1 is 1.06 bits per heavy atom. The van der Waals surface area contributed by atoms with Crippen LogP contribution in [0.3, 0.4) is 0 Å². The minimum Gasteiger partial charge on any atom is -0.342 e. The fraction of sp³-hybridized carbons (Fsp3) is 0.500. The molecule has 0 bridgehead atoms. The summed E-state index contributed by atoms with van der Waals surface area (Å²) in [5, 5.41) is 5.25. The molecular formula is C24H33N5OS. The Morgan fingerprint density at radius 2 is 1.77 bits per heavy atom. The zero-order chi connectivity index (χ0) is 22.5. The number of carbonyl (C=O) groups excluding carboxylic acids is 1. The molecular weight excluding hydrogens is 406 g/mol. The van der Waals surface area contributed by atoms with Crippen LogP contribution in [0.15, 0.2) is 23.4 Å². The van der Waals surface area contributed by atoms with Gasteiger partial charge in [-0.3, -0.25) is 4.79 Å². The van der Waals surface area contributed by atoms with Gasteiger partial charge < -0.3 is 4.90 Å². The molecule has 0 unspecified atom stereocenters. The van der Waals surface area contributed by atoms with Crippen molar-refractivity contribution >= 4 is 23.4 Å². The van der Waals surface area contributed by atoms with Gasteiger partial charge in [0.15, 0.2) is 0 Å². The molecule has 3 rings (SSSR count). The van der Waals surface area contributed by atoms with Gasteiger partial charge in [-0.25, -0.2) is 9.50 Å². The highest BCUT2D eigenvalue weighted by atomic mass is 32.2. The molecule has 2 heterocycles. The summed E-state index contributed by atoms with van der Waals surface area (Å²) in [6, 6.07) is 6.55. The number of aryl methyl sites for hydroxylation is 4. The second kappa shape index (κ2) is 10.3. The Labute approximate surface area is 189 Å². The molecule has 7 heteroatoms. The maximum atomic E-state index is 12.6. The molecule has 0 saturated carbocycles. The fourth-order valence-corrected chi connectivity index (χ4v) is 4.53. The van der Waals surface area contributed by atoms with E-state index in [1.165, 1.54) is 34.0 Å². The average Bonchev–Trinajstić information content (AvgIpc) is 3.14. The lowest BCUT2D eigenvalue weighted by Gasteiger charge is -2.20. The van der Waals surface area contributed by atoms with E-state index in [-0.39, 0.29) is 5.91 Å². The quantitative estimate of drug-likeness (QED) is 0.453. The Balaban J connectivity index is 1.82. The normalized spacial score (nSPS) is 11.3. The number of hydrogen-bond donors (Lipinski definition) is 0. The summed E-state index contributed by atoms with van der Waals surface area (Å²) in [6.07, 6.45) is 2.75. The highest BCUT2D eigenvalue weighted by Crippen LogP contribution is 2.22. The zero-order valence-electron chi connectivity index (χ0n) is 19.5. The minimum absolute atomic E-state index is 0.143. The second-order valence-electron chi connectivity index (χ2n) is 8.14. The van der Waals surface area contributed by atoms with Crippen LogP contribution in [0.25, 0.3) is 5.78 Å². The standard InChI is InChI=1S/C24H33N5OS/c1-7-11-28(12-8-2)22(30)15-31-24-26-23-25-18(5)21(19(6)29(23)27-24)14-20-13-16(3)9-10-17(20)4/h9-10,13H,7-8,11-12,14-15H2,1-6H3. The molecule has 0 aliphatic carbocycles. The first-order valence-electron chi connectivity index (χ1n) is 11.0. The summed E-state index contributed by atoms with van der Waals surface area (Å²) in [5.41, 5.74) is 7.04. The maximum absolute atomic E-state index is 12.6. The third-order valence-electron chi connectivity index (χ3n) is 5.57. The van der Waals surface area contributed by atoms with Gasteiger partial charge in [-0.05, 0) is 57.2 Å². The highest BCUT2D eigenvalue weighted by molar-refractivity contribution is 7.99. The lowest BCUT2D eigenvalue weighted by molar-refractivity contribution is -0.128. The van der Waals surface area contributed by atoms with Crippen LogP contribution in [0.5, 0.6) is 0 Å². The van der Waals surface area contributed by atoms with E-state index in [0.717, 1.165) is 43.7 Å². The van der Waals surface area contributed by atoms with Crippen LogP contribution in [0.2, 0.25) is 0 Å². The maximum Gasteiger partial charge on any atom is 0.253 e. The lowest BCUT2D eigenvalue weighted by atomic mass is 9.97.